The van der Waals surface area contributed by atoms with Crippen LogP contribution in [0.2, 0.25) is 15.1 Å². The van der Waals surface area contributed by atoms with E-state index in [1.807, 2.05) is 6.92 Å². The second-order valence-corrected chi connectivity index (χ2v) is 4.29. The van der Waals surface area contributed by atoms with E-state index in [1.54, 1.807) is 0 Å². The summed E-state index contributed by atoms with van der Waals surface area (Å²) in [6, 6.07) is 3.05. The Hall–Kier alpha value is -0.150. The molecule has 5 heteroatoms. The Balaban J connectivity index is 2.73. The number of rotatable bonds is 4. The number of benzene rings is 1. The highest BCUT2D eigenvalue weighted by Gasteiger charge is 2.08. The van der Waals surface area contributed by atoms with Crippen molar-refractivity contribution in [2.75, 3.05) is 6.61 Å². The van der Waals surface area contributed by atoms with Crippen LogP contribution >= 0.6 is 34.8 Å². The summed E-state index contributed by atoms with van der Waals surface area (Å²) in [5.41, 5.74) is 0. The Labute approximate surface area is 104 Å². The molecular weight excluding hydrogens is 258 g/mol. The van der Waals surface area contributed by atoms with Crippen molar-refractivity contribution in [3.63, 3.8) is 0 Å². The largest absolute Gasteiger partial charge is 0.489 e. The molecule has 0 aliphatic heterocycles. The average Bonchev–Trinajstić information content (AvgIpc) is 2.21. The minimum Gasteiger partial charge on any atom is -0.489 e. The van der Waals surface area contributed by atoms with E-state index >= 15 is 0 Å². The number of halogens is 3. The van der Waals surface area contributed by atoms with Gasteiger partial charge in [-0.2, -0.15) is 0 Å². The summed E-state index contributed by atoms with van der Waals surface area (Å²) in [5.74, 6) is 0.429. The normalized spacial score (nSPS) is 12.6. The van der Waals surface area contributed by atoms with Crippen LogP contribution in [0.3, 0.4) is 0 Å². The molecule has 0 radical (unpaired) electrons. The molecule has 1 aromatic rings. The van der Waals surface area contributed by atoms with Gasteiger partial charge in [0.1, 0.15) is 12.4 Å². The first kappa shape index (κ1) is 12.9. The van der Waals surface area contributed by atoms with Gasteiger partial charge in [-0.05, 0) is 12.5 Å². The molecule has 15 heavy (non-hydrogen) atoms. The van der Waals surface area contributed by atoms with Crippen LogP contribution in [0.4, 0.5) is 0 Å². The van der Waals surface area contributed by atoms with E-state index in [-0.39, 0.29) is 6.61 Å². The summed E-state index contributed by atoms with van der Waals surface area (Å²) in [6.07, 6.45) is 0.120. The fourth-order valence-electron chi connectivity index (χ4n) is 0.919. The van der Waals surface area contributed by atoms with Gasteiger partial charge in [-0.1, -0.05) is 41.7 Å². The molecule has 2 nitrogen and oxygen atoms in total. The molecule has 0 aliphatic rings. The molecule has 0 spiro atoms. The zero-order valence-electron chi connectivity index (χ0n) is 8.14. The Morgan fingerprint density at radius 2 is 1.80 bits per heavy atom. The second-order valence-electron chi connectivity index (χ2n) is 3.07. The van der Waals surface area contributed by atoms with Gasteiger partial charge in [-0.15, -0.1) is 0 Å². The van der Waals surface area contributed by atoms with Gasteiger partial charge in [0.25, 0.3) is 0 Å². The monoisotopic (exact) mass is 268 g/mol. The summed E-state index contributed by atoms with van der Waals surface area (Å²) in [5, 5.41) is 10.4. The number of aliphatic hydroxyl groups excluding tert-OH is 1. The highest BCUT2D eigenvalue weighted by Crippen LogP contribution is 2.33. The van der Waals surface area contributed by atoms with Gasteiger partial charge in [-0.3, -0.25) is 0 Å². The highest BCUT2D eigenvalue weighted by molar-refractivity contribution is 6.43. The first-order valence-electron chi connectivity index (χ1n) is 4.50. The van der Waals surface area contributed by atoms with Gasteiger partial charge < -0.3 is 9.84 Å². The molecule has 0 bridgehead atoms. The predicted molar refractivity (Wildman–Crippen MR) is 63.3 cm³/mol. The number of hydrogen-bond donors (Lipinski definition) is 1. The van der Waals surface area contributed by atoms with Crippen molar-refractivity contribution in [2.45, 2.75) is 19.4 Å². The van der Waals surface area contributed by atoms with Gasteiger partial charge in [0, 0.05) is 6.07 Å². The molecule has 0 saturated carbocycles. The molecule has 0 aromatic heterocycles. The molecule has 1 aromatic carbocycles. The third-order valence-corrected chi connectivity index (χ3v) is 2.89. The lowest BCUT2D eigenvalue weighted by Crippen LogP contribution is -2.16. The Bertz CT molecular complexity index is 342. The fraction of sp³-hybridized carbons (Fsp3) is 0.400. The van der Waals surface area contributed by atoms with Crippen LogP contribution in [-0.2, 0) is 0 Å². The number of hydrogen-bond acceptors (Lipinski definition) is 2. The molecule has 1 rings (SSSR count). The predicted octanol–water partition coefficient (Wildman–Crippen LogP) is 3.80. The van der Waals surface area contributed by atoms with E-state index in [1.165, 1.54) is 12.1 Å². The highest BCUT2D eigenvalue weighted by atomic mass is 35.5. The minimum absolute atomic E-state index is 0.189. The van der Waals surface area contributed by atoms with Gasteiger partial charge in [0.05, 0.1) is 21.2 Å². The summed E-state index contributed by atoms with van der Waals surface area (Å²) >= 11 is 17.4. The van der Waals surface area contributed by atoms with Crippen molar-refractivity contribution in [2.24, 2.45) is 0 Å². The van der Waals surface area contributed by atoms with Crippen LogP contribution in [0.1, 0.15) is 13.3 Å². The van der Waals surface area contributed by atoms with Gasteiger partial charge in [0.2, 0.25) is 0 Å². The lowest BCUT2D eigenvalue weighted by Gasteiger charge is -2.12. The summed E-state index contributed by atoms with van der Waals surface area (Å²) < 4.78 is 5.30. The van der Waals surface area contributed by atoms with Crippen molar-refractivity contribution in [1.82, 2.24) is 0 Å². The van der Waals surface area contributed by atoms with E-state index < -0.39 is 6.10 Å². The third-order valence-electron chi connectivity index (χ3n) is 1.88. The minimum atomic E-state index is -0.504. The first-order valence-corrected chi connectivity index (χ1v) is 5.63. The lowest BCUT2D eigenvalue weighted by molar-refractivity contribution is 0.104. The molecule has 0 amide bonds. The summed E-state index contributed by atoms with van der Waals surface area (Å²) in [7, 11) is 0. The SMILES string of the molecule is CCC(O)COc1cc(Cl)c(Cl)cc1Cl. The second kappa shape index (κ2) is 5.80. The Morgan fingerprint density at radius 1 is 1.20 bits per heavy atom. The first-order chi connectivity index (χ1) is 7.04. The molecule has 0 aliphatic carbocycles. The van der Waals surface area contributed by atoms with E-state index in [0.717, 1.165) is 0 Å². The van der Waals surface area contributed by atoms with Crippen LogP contribution in [0, 0.1) is 0 Å². The molecule has 0 saturated heterocycles. The van der Waals surface area contributed by atoms with E-state index in [4.69, 9.17) is 39.5 Å². The maximum absolute atomic E-state index is 9.31. The summed E-state index contributed by atoms with van der Waals surface area (Å²) in [6.45, 7) is 2.05. The average molecular weight is 270 g/mol. The molecule has 0 fully saturated rings. The Morgan fingerprint density at radius 3 is 2.40 bits per heavy atom. The molecule has 84 valence electrons. The molecule has 1 unspecified atom stereocenters. The van der Waals surface area contributed by atoms with Crippen molar-refractivity contribution >= 4 is 34.8 Å². The smallest absolute Gasteiger partial charge is 0.139 e. The zero-order valence-corrected chi connectivity index (χ0v) is 10.4. The third kappa shape index (κ3) is 3.72. The molecule has 0 heterocycles. The van der Waals surface area contributed by atoms with Gasteiger partial charge in [0.15, 0.2) is 0 Å². The topological polar surface area (TPSA) is 29.5 Å². The number of ether oxygens (including phenoxy) is 1. The molecule has 1 N–H and O–H groups in total. The fourth-order valence-corrected chi connectivity index (χ4v) is 1.51. The quantitative estimate of drug-likeness (QED) is 0.843. The zero-order chi connectivity index (χ0) is 11.4. The molecule has 1 atom stereocenters. The maximum Gasteiger partial charge on any atom is 0.139 e. The van der Waals surface area contributed by atoms with Crippen LogP contribution in [0.15, 0.2) is 12.1 Å². The van der Waals surface area contributed by atoms with Crippen LogP contribution in [0.25, 0.3) is 0 Å². The van der Waals surface area contributed by atoms with Crippen molar-refractivity contribution < 1.29 is 9.84 Å². The lowest BCUT2D eigenvalue weighted by atomic mass is 10.3. The van der Waals surface area contributed by atoms with E-state index in [0.29, 0.717) is 27.2 Å². The van der Waals surface area contributed by atoms with Crippen LogP contribution < -0.4 is 4.74 Å². The van der Waals surface area contributed by atoms with Crippen LogP contribution in [0.5, 0.6) is 5.75 Å². The van der Waals surface area contributed by atoms with Crippen molar-refractivity contribution in [1.29, 1.82) is 0 Å². The van der Waals surface area contributed by atoms with E-state index in [9.17, 15) is 5.11 Å². The van der Waals surface area contributed by atoms with Crippen LogP contribution in [-0.4, -0.2) is 17.8 Å². The number of aliphatic hydroxyl groups is 1. The summed E-state index contributed by atoms with van der Waals surface area (Å²) in [4.78, 5) is 0. The standard InChI is InChI=1S/C10H11Cl3O2/c1-2-6(14)5-15-10-4-8(12)7(11)3-9(10)13/h3-4,6,14H,2,5H2,1H3. The Kier molecular flexibility index (Phi) is 5.00. The van der Waals surface area contributed by atoms with E-state index in [2.05, 4.69) is 0 Å². The van der Waals surface area contributed by atoms with Crippen molar-refractivity contribution in [3.05, 3.63) is 27.2 Å². The maximum atomic E-state index is 9.31. The van der Waals surface area contributed by atoms with Crippen molar-refractivity contribution in [3.8, 4) is 5.75 Å². The van der Waals surface area contributed by atoms with Gasteiger partial charge >= 0.3 is 0 Å². The molecular formula is C10H11Cl3O2. The van der Waals surface area contributed by atoms with Gasteiger partial charge in [-0.25, -0.2) is 0 Å².